The number of nitrogens with zero attached hydrogens (tertiary/aromatic N) is 4. The summed E-state index contributed by atoms with van der Waals surface area (Å²) in [4.78, 5) is 12.7. The number of fused-ring (bicyclic) bond motifs is 1. The van der Waals surface area contributed by atoms with Gasteiger partial charge in [-0.05, 0) is 24.6 Å². The van der Waals surface area contributed by atoms with E-state index in [4.69, 9.17) is 0 Å². The van der Waals surface area contributed by atoms with Crippen LogP contribution < -0.4 is 5.32 Å². The molecule has 0 atom stereocenters. The number of aromatic amines is 1. The average Bonchev–Trinajstić information content (AvgIpc) is 2.85. The van der Waals surface area contributed by atoms with E-state index in [9.17, 15) is 0 Å². The largest absolute Gasteiger partial charge is 0.365 e. The van der Waals surface area contributed by atoms with Crippen molar-refractivity contribution in [1.82, 2.24) is 25.1 Å². The Kier molecular flexibility index (Phi) is 2.60. The van der Waals surface area contributed by atoms with E-state index >= 15 is 0 Å². The Balaban J connectivity index is 1.88. The highest BCUT2D eigenvalue weighted by Crippen LogP contribution is 2.18. The number of nitrogens with one attached hydrogen (secondary N) is 2. The maximum Gasteiger partial charge on any atom is 0.161 e. The second kappa shape index (κ2) is 4.40. The minimum atomic E-state index is 0.694. The van der Waals surface area contributed by atoms with Crippen molar-refractivity contribution in [2.75, 3.05) is 5.32 Å². The topological polar surface area (TPSA) is 79.4 Å². The van der Waals surface area contributed by atoms with Gasteiger partial charge in [-0.15, -0.1) is 0 Å². The predicted octanol–water partition coefficient (Wildman–Crippen LogP) is 1.67. The number of pyridine rings is 1. The Morgan fingerprint density at radius 3 is 2.89 bits per heavy atom. The molecule has 6 nitrogen and oxygen atoms in total. The number of aromatic nitrogens is 5. The van der Waals surface area contributed by atoms with E-state index in [0.717, 1.165) is 22.4 Å². The normalized spacial score (nSPS) is 10.7. The lowest BCUT2D eigenvalue weighted by molar-refractivity contribution is 1.03. The summed E-state index contributed by atoms with van der Waals surface area (Å²) in [5.74, 6) is 1.51. The van der Waals surface area contributed by atoms with Crippen molar-refractivity contribution in [2.24, 2.45) is 0 Å². The van der Waals surface area contributed by atoms with Crippen molar-refractivity contribution in [1.29, 1.82) is 0 Å². The van der Waals surface area contributed by atoms with Gasteiger partial charge < -0.3 is 5.32 Å². The molecule has 0 radical (unpaired) electrons. The molecule has 0 aromatic carbocycles. The predicted molar refractivity (Wildman–Crippen MR) is 68.0 cm³/mol. The lowest BCUT2D eigenvalue weighted by Gasteiger charge is -2.06. The molecule has 0 aliphatic rings. The van der Waals surface area contributed by atoms with Gasteiger partial charge in [0.15, 0.2) is 5.65 Å². The molecule has 6 heteroatoms. The van der Waals surface area contributed by atoms with Crippen molar-refractivity contribution in [2.45, 2.75) is 13.5 Å². The van der Waals surface area contributed by atoms with Gasteiger partial charge in [0.2, 0.25) is 0 Å². The summed E-state index contributed by atoms with van der Waals surface area (Å²) < 4.78 is 0. The molecule has 2 N–H and O–H groups in total. The monoisotopic (exact) mass is 240 g/mol. The van der Waals surface area contributed by atoms with Crippen molar-refractivity contribution in [3.8, 4) is 0 Å². The molecule has 0 aliphatic carbocycles. The summed E-state index contributed by atoms with van der Waals surface area (Å²) in [5.41, 5.74) is 1.90. The quantitative estimate of drug-likeness (QED) is 0.728. The minimum absolute atomic E-state index is 0.694. The molecular formula is C12H12N6. The molecule has 0 bridgehead atoms. The zero-order valence-corrected chi connectivity index (χ0v) is 9.88. The summed E-state index contributed by atoms with van der Waals surface area (Å²) in [6.45, 7) is 2.55. The van der Waals surface area contributed by atoms with Crippen molar-refractivity contribution >= 4 is 16.9 Å². The number of hydrogen-bond donors (Lipinski definition) is 2. The van der Waals surface area contributed by atoms with E-state index in [1.54, 1.807) is 18.6 Å². The molecule has 90 valence electrons. The molecule has 3 aromatic rings. The molecule has 0 amide bonds. The number of rotatable bonds is 3. The van der Waals surface area contributed by atoms with E-state index in [0.29, 0.717) is 12.4 Å². The summed E-state index contributed by atoms with van der Waals surface area (Å²) in [5, 5.41) is 11.0. The zero-order valence-electron chi connectivity index (χ0n) is 9.88. The van der Waals surface area contributed by atoms with Crippen LogP contribution in [0.25, 0.3) is 11.0 Å². The fraction of sp³-hybridized carbons (Fsp3) is 0.167. The first-order valence-electron chi connectivity index (χ1n) is 5.63. The van der Waals surface area contributed by atoms with Gasteiger partial charge in [0.05, 0.1) is 11.6 Å². The van der Waals surface area contributed by atoms with E-state index in [1.165, 1.54) is 0 Å². The van der Waals surface area contributed by atoms with Crippen molar-refractivity contribution in [3.63, 3.8) is 0 Å². The molecule has 0 spiro atoms. The van der Waals surface area contributed by atoms with Gasteiger partial charge >= 0.3 is 0 Å². The van der Waals surface area contributed by atoms with E-state index in [1.807, 2.05) is 19.1 Å². The number of H-pyrrole nitrogens is 1. The lowest BCUT2D eigenvalue weighted by Crippen LogP contribution is -2.03. The van der Waals surface area contributed by atoms with Gasteiger partial charge in [0, 0.05) is 18.9 Å². The van der Waals surface area contributed by atoms with Crippen LogP contribution in [0.1, 0.15) is 11.4 Å². The van der Waals surface area contributed by atoms with Gasteiger partial charge in [-0.2, -0.15) is 5.10 Å². The highest BCUT2D eigenvalue weighted by atomic mass is 15.2. The molecule has 0 saturated heterocycles. The highest BCUT2D eigenvalue weighted by molar-refractivity contribution is 5.85. The maximum absolute atomic E-state index is 4.39. The molecule has 0 saturated carbocycles. The van der Waals surface area contributed by atoms with Gasteiger partial charge in [0.1, 0.15) is 11.6 Å². The fourth-order valence-corrected chi connectivity index (χ4v) is 1.77. The number of hydrogen-bond acceptors (Lipinski definition) is 5. The van der Waals surface area contributed by atoms with Crippen LogP contribution in [0.3, 0.4) is 0 Å². The SMILES string of the molecule is Cc1nc(NCc2ccncc2)c2cn[nH]c2n1. The Bertz CT molecular complexity index is 661. The Hall–Kier alpha value is -2.50. The molecule has 0 unspecified atom stereocenters. The molecule has 0 aliphatic heterocycles. The lowest BCUT2D eigenvalue weighted by atomic mass is 10.2. The molecule has 18 heavy (non-hydrogen) atoms. The van der Waals surface area contributed by atoms with E-state index < -0.39 is 0 Å². The summed E-state index contributed by atoms with van der Waals surface area (Å²) in [7, 11) is 0. The van der Waals surface area contributed by atoms with E-state index in [-0.39, 0.29) is 0 Å². The van der Waals surface area contributed by atoms with Crippen LogP contribution in [0, 0.1) is 6.92 Å². The average molecular weight is 240 g/mol. The molecule has 3 aromatic heterocycles. The van der Waals surface area contributed by atoms with Gasteiger partial charge in [-0.3, -0.25) is 10.1 Å². The van der Waals surface area contributed by atoms with Crippen LogP contribution >= 0.6 is 0 Å². The molecule has 3 heterocycles. The fourth-order valence-electron chi connectivity index (χ4n) is 1.77. The molecule has 0 fully saturated rings. The Morgan fingerprint density at radius 2 is 2.06 bits per heavy atom. The summed E-state index contributed by atoms with van der Waals surface area (Å²) in [6.07, 6.45) is 5.27. The number of anilines is 1. The standard InChI is InChI=1S/C12H12N6/c1-8-16-11(10-7-15-18-12(10)17-8)14-6-9-2-4-13-5-3-9/h2-5,7H,6H2,1H3,(H2,14,15,16,17,18). The molecular weight excluding hydrogens is 228 g/mol. The Morgan fingerprint density at radius 1 is 1.22 bits per heavy atom. The van der Waals surface area contributed by atoms with Gasteiger partial charge in [-0.1, -0.05) is 0 Å². The van der Waals surface area contributed by atoms with Crippen LogP contribution in [0.4, 0.5) is 5.82 Å². The van der Waals surface area contributed by atoms with Crippen LogP contribution in [0.15, 0.2) is 30.7 Å². The first-order chi connectivity index (χ1) is 8.83. The van der Waals surface area contributed by atoms with Gasteiger partial charge in [-0.25, -0.2) is 9.97 Å². The smallest absolute Gasteiger partial charge is 0.161 e. The van der Waals surface area contributed by atoms with E-state index in [2.05, 4.69) is 30.5 Å². The Labute approximate surface area is 104 Å². The maximum atomic E-state index is 4.39. The first-order valence-corrected chi connectivity index (χ1v) is 5.63. The summed E-state index contributed by atoms with van der Waals surface area (Å²) >= 11 is 0. The summed E-state index contributed by atoms with van der Waals surface area (Å²) in [6, 6.07) is 3.93. The van der Waals surface area contributed by atoms with Crippen molar-refractivity contribution < 1.29 is 0 Å². The third-order valence-corrected chi connectivity index (χ3v) is 2.63. The third kappa shape index (κ3) is 2.00. The zero-order chi connectivity index (χ0) is 12.4. The van der Waals surface area contributed by atoms with Crippen LogP contribution in [-0.2, 0) is 6.54 Å². The van der Waals surface area contributed by atoms with Crippen molar-refractivity contribution in [3.05, 3.63) is 42.1 Å². The second-order valence-electron chi connectivity index (χ2n) is 3.96. The minimum Gasteiger partial charge on any atom is -0.365 e. The second-order valence-corrected chi connectivity index (χ2v) is 3.96. The first kappa shape index (κ1) is 10.6. The molecule has 3 rings (SSSR count). The van der Waals surface area contributed by atoms with Gasteiger partial charge in [0.25, 0.3) is 0 Å². The number of aryl methyl sites for hydroxylation is 1. The van der Waals surface area contributed by atoms with Crippen LogP contribution in [0.5, 0.6) is 0 Å². The highest BCUT2D eigenvalue weighted by Gasteiger charge is 2.06. The van der Waals surface area contributed by atoms with Crippen LogP contribution in [-0.4, -0.2) is 25.1 Å². The third-order valence-electron chi connectivity index (χ3n) is 2.63. The van der Waals surface area contributed by atoms with Crippen LogP contribution in [0.2, 0.25) is 0 Å².